The number of piperazine rings is 1. The van der Waals surface area contributed by atoms with Crippen molar-refractivity contribution in [3.05, 3.63) is 59.0 Å². The molecule has 0 radical (unpaired) electrons. The summed E-state index contributed by atoms with van der Waals surface area (Å²) in [5, 5.41) is 13.1. The minimum absolute atomic E-state index is 0.0595. The Balaban J connectivity index is 1.88. The quantitative estimate of drug-likeness (QED) is 0.470. The number of carbonyl (C=O) groups excluding carboxylic acids is 3. The Morgan fingerprint density at radius 1 is 1.15 bits per heavy atom. The lowest BCUT2D eigenvalue weighted by Crippen LogP contribution is -2.51. The van der Waals surface area contributed by atoms with Crippen LogP contribution in [0.2, 0.25) is 0 Å². The zero-order valence-electron chi connectivity index (χ0n) is 19.1. The summed E-state index contributed by atoms with van der Waals surface area (Å²) in [4.78, 5) is 56.8. The molecule has 3 rings (SSSR count). The summed E-state index contributed by atoms with van der Waals surface area (Å²) in [6, 6.07) is 8.33. The van der Waals surface area contributed by atoms with Gasteiger partial charge in [-0.15, -0.1) is 0 Å². The molecule has 1 fully saturated rings. The molecule has 1 unspecified atom stereocenters. The summed E-state index contributed by atoms with van der Waals surface area (Å²) in [5.41, 5.74) is -0.309. The average molecular weight is 469 g/mol. The monoisotopic (exact) mass is 469 g/mol. The van der Waals surface area contributed by atoms with E-state index in [0.717, 1.165) is 7.11 Å². The number of aromatic nitrogens is 2. The molecular weight excluding hydrogens is 442 g/mol. The molecular formula is C23H27N5O6. The van der Waals surface area contributed by atoms with Crippen molar-refractivity contribution in [2.45, 2.75) is 19.6 Å². The van der Waals surface area contributed by atoms with Gasteiger partial charge in [-0.2, -0.15) is 0 Å². The first-order chi connectivity index (χ1) is 16.2. The van der Waals surface area contributed by atoms with Gasteiger partial charge in [0.2, 0.25) is 5.91 Å². The Morgan fingerprint density at radius 2 is 1.76 bits per heavy atom. The van der Waals surface area contributed by atoms with Crippen LogP contribution in [-0.4, -0.2) is 81.8 Å². The molecule has 0 bridgehead atoms. The lowest BCUT2D eigenvalue weighted by molar-refractivity contribution is -0.137. The molecule has 1 atom stereocenters. The molecule has 0 spiro atoms. The van der Waals surface area contributed by atoms with E-state index in [1.54, 1.807) is 35.2 Å². The fourth-order valence-electron chi connectivity index (χ4n) is 3.53. The highest BCUT2D eigenvalue weighted by Gasteiger charge is 2.25. The van der Waals surface area contributed by atoms with Crippen LogP contribution in [0, 0.1) is 0 Å². The molecule has 1 aromatic heterocycles. The SMILES string of the molecule is C=C(C(=O)OC)C(O)Cn1c(-c2ccccc2)ncc(NC(=O)N2CCN(C(C)=O)CC2)c1=O. The summed E-state index contributed by atoms with van der Waals surface area (Å²) >= 11 is 0. The van der Waals surface area contributed by atoms with E-state index in [9.17, 15) is 24.3 Å². The van der Waals surface area contributed by atoms with E-state index in [4.69, 9.17) is 0 Å². The first kappa shape index (κ1) is 24.6. The second kappa shape index (κ2) is 10.8. The summed E-state index contributed by atoms with van der Waals surface area (Å²) in [5.74, 6) is -0.616. The van der Waals surface area contributed by atoms with Gasteiger partial charge in [0.05, 0.1) is 25.4 Å². The Morgan fingerprint density at radius 3 is 2.35 bits per heavy atom. The van der Waals surface area contributed by atoms with E-state index < -0.39 is 23.7 Å². The number of hydrogen-bond acceptors (Lipinski definition) is 7. The molecule has 1 saturated heterocycles. The third-order valence-corrected chi connectivity index (χ3v) is 5.54. The van der Waals surface area contributed by atoms with Crippen molar-refractivity contribution in [2.24, 2.45) is 0 Å². The average Bonchev–Trinajstić information content (AvgIpc) is 2.85. The largest absolute Gasteiger partial charge is 0.466 e. The van der Waals surface area contributed by atoms with E-state index in [-0.39, 0.29) is 29.5 Å². The maximum Gasteiger partial charge on any atom is 0.335 e. The van der Waals surface area contributed by atoms with Crippen molar-refractivity contribution in [2.75, 3.05) is 38.6 Å². The highest BCUT2D eigenvalue weighted by atomic mass is 16.5. The fraction of sp³-hybridized carbons (Fsp3) is 0.348. The van der Waals surface area contributed by atoms with Gasteiger partial charge in [-0.1, -0.05) is 36.9 Å². The Kier molecular flexibility index (Phi) is 7.79. The van der Waals surface area contributed by atoms with Crippen molar-refractivity contribution < 1.29 is 24.2 Å². The lowest BCUT2D eigenvalue weighted by atomic mass is 10.1. The number of urea groups is 1. The van der Waals surface area contributed by atoms with Gasteiger partial charge in [-0.05, 0) is 0 Å². The number of anilines is 1. The molecule has 1 aliphatic rings. The van der Waals surface area contributed by atoms with Crippen LogP contribution in [0.1, 0.15) is 6.92 Å². The topological polar surface area (TPSA) is 134 Å². The Labute approximate surface area is 196 Å². The van der Waals surface area contributed by atoms with Gasteiger partial charge in [0, 0.05) is 38.7 Å². The number of carbonyl (C=O) groups is 3. The number of esters is 1. The van der Waals surface area contributed by atoms with Crippen LogP contribution in [0.15, 0.2) is 53.5 Å². The molecule has 1 aliphatic heterocycles. The number of amides is 3. The summed E-state index contributed by atoms with van der Waals surface area (Å²) in [7, 11) is 1.16. The Bertz CT molecular complexity index is 1140. The highest BCUT2D eigenvalue weighted by molar-refractivity contribution is 5.89. The zero-order valence-corrected chi connectivity index (χ0v) is 19.1. The third-order valence-electron chi connectivity index (χ3n) is 5.54. The maximum atomic E-state index is 13.3. The summed E-state index contributed by atoms with van der Waals surface area (Å²) < 4.78 is 5.77. The summed E-state index contributed by atoms with van der Waals surface area (Å²) in [6.07, 6.45) is -0.160. The minimum Gasteiger partial charge on any atom is -0.466 e. The fourth-order valence-corrected chi connectivity index (χ4v) is 3.53. The molecule has 11 nitrogen and oxygen atoms in total. The molecule has 2 heterocycles. The van der Waals surface area contributed by atoms with Crippen LogP contribution in [0.25, 0.3) is 11.4 Å². The standard InChI is InChI=1S/C23H27N5O6/c1-15(22(32)34-3)19(30)14-28-20(17-7-5-4-6-8-17)24-13-18(21(28)31)25-23(33)27-11-9-26(10-12-27)16(2)29/h4-8,13,19,30H,1,9-12,14H2,2-3H3,(H,25,33). The number of aliphatic hydroxyl groups excluding tert-OH is 1. The highest BCUT2D eigenvalue weighted by Crippen LogP contribution is 2.18. The normalized spacial score (nSPS) is 14.3. The number of benzene rings is 1. The van der Waals surface area contributed by atoms with Crippen molar-refractivity contribution in [1.29, 1.82) is 0 Å². The second-order valence-corrected chi connectivity index (χ2v) is 7.73. The van der Waals surface area contributed by atoms with Crippen LogP contribution in [-0.2, 0) is 20.9 Å². The van der Waals surface area contributed by atoms with Gasteiger partial charge >= 0.3 is 12.0 Å². The zero-order chi connectivity index (χ0) is 24.8. The third kappa shape index (κ3) is 5.49. The first-order valence-corrected chi connectivity index (χ1v) is 10.6. The number of nitrogens with zero attached hydrogens (tertiary/aromatic N) is 4. The smallest absolute Gasteiger partial charge is 0.335 e. The van der Waals surface area contributed by atoms with Gasteiger partial charge in [-0.3, -0.25) is 14.2 Å². The molecule has 11 heteroatoms. The second-order valence-electron chi connectivity index (χ2n) is 7.73. The molecule has 2 aromatic rings. The van der Waals surface area contributed by atoms with Crippen molar-refractivity contribution >= 4 is 23.6 Å². The Hall–Kier alpha value is -3.99. The number of hydrogen-bond donors (Lipinski definition) is 2. The van der Waals surface area contributed by atoms with E-state index >= 15 is 0 Å². The number of rotatable bonds is 6. The first-order valence-electron chi connectivity index (χ1n) is 10.6. The van der Waals surface area contributed by atoms with Crippen LogP contribution in [0.4, 0.5) is 10.5 Å². The number of aliphatic hydroxyl groups is 1. The van der Waals surface area contributed by atoms with Crippen LogP contribution in [0.5, 0.6) is 0 Å². The molecule has 180 valence electrons. The molecule has 1 aromatic carbocycles. The number of ether oxygens (including phenoxy) is 1. The molecule has 0 saturated carbocycles. The number of nitrogens with one attached hydrogen (secondary N) is 1. The van der Waals surface area contributed by atoms with Crippen LogP contribution < -0.4 is 10.9 Å². The molecule has 3 amide bonds. The van der Waals surface area contributed by atoms with Crippen molar-refractivity contribution in [1.82, 2.24) is 19.4 Å². The van der Waals surface area contributed by atoms with Crippen LogP contribution >= 0.6 is 0 Å². The van der Waals surface area contributed by atoms with E-state index in [1.807, 2.05) is 0 Å². The maximum absolute atomic E-state index is 13.3. The van der Waals surface area contributed by atoms with E-state index in [2.05, 4.69) is 21.6 Å². The molecule has 0 aliphatic carbocycles. The predicted octanol–water partition coefficient (Wildman–Crippen LogP) is 0.696. The number of methoxy groups -OCH3 is 1. The van der Waals surface area contributed by atoms with Gasteiger partial charge in [0.15, 0.2) is 0 Å². The molecule has 2 N–H and O–H groups in total. The van der Waals surface area contributed by atoms with E-state index in [1.165, 1.54) is 22.6 Å². The van der Waals surface area contributed by atoms with Gasteiger partial charge < -0.3 is 25.0 Å². The minimum atomic E-state index is -1.42. The predicted molar refractivity (Wildman–Crippen MR) is 124 cm³/mol. The van der Waals surface area contributed by atoms with Gasteiger partial charge in [0.1, 0.15) is 17.6 Å². The van der Waals surface area contributed by atoms with Crippen molar-refractivity contribution in [3.8, 4) is 11.4 Å². The van der Waals surface area contributed by atoms with Crippen LogP contribution in [0.3, 0.4) is 0 Å². The van der Waals surface area contributed by atoms with Crippen molar-refractivity contribution in [3.63, 3.8) is 0 Å². The van der Waals surface area contributed by atoms with Gasteiger partial charge in [0.25, 0.3) is 5.56 Å². The molecule has 34 heavy (non-hydrogen) atoms. The van der Waals surface area contributed by atoms with Gasteiger partial charge in [-0.25, -0.2) is 14.6 Å². The van der Waals surface area contributed by atoms with E-state index in [0.29, 0.717) is 31.7 Å². The lowest BCUT2D eigenvalue weighted by Gasteiger charge is -2.34. The summed E-state index contributed by atoms with van der Waals surface area (Å²) in [6.45, 7) is 6.14.